The highest BCUT2D eigenvalue weighted by Gasteiger charge is 2.15. The molecule has 5 heteroatoms. The lowest BCUT2D eigenvalue weighted by Crippen LogP contribution is -1.98. The highest BCUT2D eigenvalue weighted by Crippen LogP contribution is 2.34. The molecule has 108 valence electrons. The van der Waals surface area contributed by atoms with E-state index in [0.29, 0.717) is 11.6 Å². The van der Waals surface area contributed by atoms with Crippen LogP contribution in [0, 0.1) is 0 Å². The number of hydrogen-bond acceptors (Lipinski definition) is 2. The Labute approximate surface area is 136 Å². The van der Waals surface area contributed by atoms with Crippen LogP contribution in [-0.2, 0) is 13.1 Å². The lowest BCUT2D eigenvalue weighted by atomic mass is 10.2. The molecule has 0 saturated carbocycles. The van der Waals surface area contributed by atoms with Gasteiger partial charge in [0.2, 0.25) is 0 Å². The molecule has 0 amide bonds. The average molecular weight is 365 g/mol. The third-order valence-electron chi connectivity index (χ3n) is 3.56. The topological polar surface area (TPSA) is 43.8 Å². The summed E-state index contributed by atoms with van der Waals surface area (Å²) < 4.78 is 3.04. The van der Waals surface area contributed by atoms with Crippen molar-refractivity contribution in [1.29, 1.82) is 0 Å². The Morgan fingerprint density at radius 3 is 2.81 bits per heavy atom. The molecule has 0 aliphatic heterocycles. The molecule has 0 radical (unpaired) electrons. The van der Waals surface area contributed by atoms with Crippen LogP contribution in [0.3, 0.4) is 0 Å². The predicted molar refractivity (Wildman–Crippen MR) is 91.4 cm³/mol. The first-order valence-electron chi connectivity index (χ1n) is 6.79. The zero-order valence-electron chi connectivity index (χ0n) is 11.6. The van der Waals surface area contributed by atoms with Crippen LogP contribution in [0.4, 0.5) is 0 Å². The summed E-state index contributed by atoms with van der Waals surface area (Å²) in [5.74, 6) is 0.882. The van der Waals surface area contributed by atoms with Crippen molar-refractivity contribution in [3.05, 3.63) is 51.5 Å². The van der Waals surface area contributed by atoms with E-state index < -0.39 is 0 Å². The normalized spacial score (nSPS) is 11.2. The molecule has 3 rings (SSSR count). The van der Waals surface area contributed by atoms with Crippen molar-refractivity contribution in [2.24, 2.45) is 5.73 Å². The molecule has 0 spiro atoms. The van der Waals surface area contributed by atoms with Crippen LogP contribution in [0.1, 0.15) is 12.5 Å². The molecule has 2 N–H and O–H groups in total. The molecule has 0 aliphatic carbocycles. The third-order valence-corrected chi connectivity index (χ3v) is 4.85. The van der Waals surface area contributed by atoms with Gasteiger partial charge < -0.3 is 10.3 Å². The fourth-order valence-electron chi connectivity index (χ4n) is 2.50. The van der Waals surface area contributed by atoms with Crippen LogP contribution in [0.15, 0.2) is 40.9 Å². The molecule has 0 bridgehead atoms. The Hall–Kier alpha value is -1.36. The monoisotopic (exact) mass is 363 g/mol. The fourth-order valence-corrected chi connectivity index (χ4v) is 3.08. The minimum absolute atomic E-state index is 0.516. The van der Waals surface area contributed by atoms with Gasteiger partial charge in [-0.15, -0.1) is 0 Å². The standard InChI is InChI=1S/C16H15BrClN3/c1-2-21-14-7-6-10(9-19)8-13(14)20-16(21)11-4-3-5-12(17)15(11)18/h3-8H,2,9,19H2,1H3. The molecular weight excluding hydrogens is 350 g/mol. The summed E-state index contributed by atoms with van der Waals surface area (Å²) in [7, 11) is 0. The van der Waals surface area contributed by atoms with E-state index in [-0.39, 0.29) is 0 Å². The Morgan fingerprint density at radius 2 is 2.10 bits per heavy atom. The van der Waals surface area contributed by atoms with Crippen molar-refractivity contribution in [2.75, 3.05) is 0 Å². The second kappa shape index (κ2) is 5.79. The van der Waals surface area contributed by atoms with Gasteiger partial charge in [-0.3, -0.25) is 0 Å². The molecule has 3 aromatic rings. The van der Waals surface area contributed by atoms with Crippen LogP contribution in [0.2, 0.25) is 5.02 Å². The molecule has 21 heavy (non-hydrogen) atoms. The van der Waals surface area contributed by atoms with Gasteiger partial charge in [0.15, 0.2) is 0 Å². The molecule has 0 atom stereocenters. The first kappa shape index (κ1) is 14.6. The second-order valence-corrected chi connectivity index (χ2v) is 6.04. The van der Waals surface area contributed by atoms with Crippen molar-refractivity contribution in [2.45, 2.75) is 20.0 Å². The number of nitrogens with zero attached hydrogens (tertiary/aromatic N) is 2. The number of imidazole rings is 1. The zero-order chi connectivity index (χ0) is 15.0. The quantitative estimate of drug-likeness (QED) is 0.738. The van der Waals surface area contributed by atoms with Gasteiger partial charge in [-0.1, -0.05) is 23.7 Å². The maximum absolute atomic E-state index is 6.42. The summed E-state index contributed by atoms with van der Waals surface area (Å²) in [6.07, 6.45) is 0. The lowest BCUT2D eigenvalue weighted by Gasteiger charge is -2.08. The van der Waals surface area contributed by atoms with E-state index in [4.69, 9.17) is 22.3 Å². The maximum Gasteiger partial charge on any atom is 0.142 e. The Morgan fingerprint density at radius 1 is 1.29 bits per heavy atom. The minimum atomic E-state index is 0.516. The highest BCUT2D eigenvalue weighted by molar-refractivity contribution is 9.10. The number of benzene rings is 2. The molecule has 1 heterocycles. The van der Waals surface area contributed by atoms with Crippen molar-refractivity contribution in [3.63, 3.8) is 0 Å². The van der Waals surface area contributed by atoms with E-state index in [1.807, 2.05) is 30.3 Å². The molecule has 0 saturated heterocycles. The fraction of sp³-hybridized carbons (Fsp3) is 0.188. The Kier molecular flexibility index (Phi) is 4.02. The summed E-state index contributed by atoms with van der Waals surface area (Å²) in [5, 5.41) is 0.682. The van der Waals surface area contributed by atoms with Gasteiger partial charge in [0, 0.05) is 23.1 Å². The van der Waals surface area contributed by atoms with Crippen LogP contribution >= 0.6 is 27.5 Å². The van der Waals surface area contributed by atoms with Crippen LogP contribution < -0.4 is 5.73 Å². The molecule has 0 aliphatic rings. The van der Waals surface area contributed by atoms with Crippen molar-refractivity contribution in [1.82, 2.24) is 9.55 Å². The van der Waals surface area contributed by atoms with Crippen molar-refractivity contribution >= 4 is 38.6 Å². The molecular formula is C16H15BrClN3. The molecule has 2 aromatic carbocycles. The molecule has 3 nitrogen and oxygen atoms in total. The lowest BCUT2D eigenvalue weighted by molar-refractivity contribution is 0.796. The number of rotatable bonds is 3. The molecule has 0 unspecified atom stereocenters. The van der Waals surface area contributed by atoms with E-state index in [1.165, 1.54) is 0 Å². The number of fused-ring (bicyclic) bond motifs is 1. The largest absolute Gasteiger partial charge is 0.326 e. The SMILES string of the molecule is CCn1c(-c2cccc(Br)c2Cl)nc2cc(CN)ccc21. The van der Waals surface area contributed by atoms with E-state index in [0.717, 1.165) is 39.0 Å². The smallest absolute Gasteiger partial charge is 0.142 e. The molecule has 0 fully saturated rings. The number of aryl methyl sites for hydroxylation is 1. The van der Waals surface area contributed by atoms with Crippen LogP contribution in [0.25, 0.3) is 22.4 Å². The molecule has 1 aromatic heterocycles. The van der Waals surface area contributed by atoms with Crippen molar-refractivity contribution < 1.29 is 0 Å². The third kappa shape index (κ3) is 2.48. The predicted octanol–water partition coefficient (Wildman–Crippen LogP) is 4.60. The summed E-state index contributed by atoms with van der Waals surface area (Å²) in [6.45, 7) is 3.45. The highest BCUT2D eigenvalue weighted by atomic mass is 79.9. The number of halogens is 2. The minimum Gasteiger partial charge on any atom is -0.326 e. The summed E-state index contributed by atoms with van der Waals surface area (Å²) in [6, 6.07) is 12.0. The van der Waals surface area contributed by atoms with E-state index >= 15 is 0 Å². The van der Waals surface area contributed by atoms with Gasteiger partial charge in [-0.25, -0.2) is 4.98 Å². The average Bonchev–Trinajstić information content (AvgIpc) is 2.87. The Balaban J connectivity index is 2.29. The number of nitrogens with two attached hydrogens (primary N) is 1. The van der Waals surface area contributed by atoms with E-state index in [1.54, 1.807) is 0 Å². The van der Waals surface area contributed by atoms with Crippen LogP contribution in [-0.4, -0.2) is 9.55 Å². The number of aromatic nitrogens is 2. The zero-order valence-corrected chi connectivity index (χ0v) is 13.9. The van der Waals surface area contributed by atoms with E-state index in [9.17, 15) is 0 Å². The van der Waals surface area contributed by atoms with Crippen LogP contribution in [0.5, 0.6) is 0 Å². The van der Waals surface area contributed by atoms with Gasteiger partial charge in [0.1, 0.15) is 5.82 Å². The first-order valence-corrected chi connectivity index (χ1v) is 7.96. The van der Waals surface area contributed by atoms with Crippen molar-refractivity contribution in [3.8, 4) is 11.4 Å². The van der Waals surface area contributed by atoms with Gasteiger partial charge in [-0.2, -0.15) is 0 Å². The summed E-state index contributed by atoms with van der Waals surface area (Å²) in [4.78, 5) is 4.77. The van der Waals surface area contributed by atoms with Gasteiger partial charge in [-0.05, 0) is 52.7 Å². The van der Waals surface area contributed by atoms with E-state index in [2.05, 4.69) is 33.5 Å². The maximum atomic E-state index is 6.42. The van der Waals surface area contributed by atoms with Gasteiger partial charge in [0.05, 0.1) is 16.1 Å². The summed E-state index contributed by atoms with van der Waals surface area (Å²) in [5.41, 5.74) is 9.77. The first-order chi connectivity index (χ1) is 10.2. The second-order valence-electron chi connectivity index (χ2n) is 4.81. The van der Waals surface area contributed by atoms with Gasteiger partial charge >= 0.3 is 0 Å². The summed E-state index contributed by atoms with van der Waals surface area (Å²) >= 11 is 9.89. The number of hydrogen-bond donors (Lipinski definition) is 1. The van der Waals surface area contributed by atoms with Gasteiger partial charge in [0.25, 0.3) is 0 Å². The Bertz CT molecular complexity index is 811.